The first kappa shape index (κ1) is 19.4. The molecule has 10 nitrogen and oxygen atoms in total. The molecule has 0 saturated carbocycles. The van der Waals surface area contributed by atoms with E-state index in [1.54, 1.807) is 30.1 Å². The number of hydrogen-bond donors (Lipinski definition) is 4. The van der Waals surface area contributed by atoms with Gasteiger partial charge in [0.1, 0.15) is 18.1 Å². The summed E-state index contributed by atoms with van der Waals surface area (Å²) in [6, 6.07) is 1.84. The first-order chi connectivity index (χ1) is 13.4. The molecule has 3 rings (SSSR count). The fraction of sp³-hybridized carbons (Fsp3) is 0.333. The summed E-state index contributed by atoms with van der Waals surface area (Å²) in [4.78, 5) is 24.4. The largest absolute Gasteiger partial charge is 0.487 e. The summed E-state index contributed by atoms with van der Waals surface area (Å²) in [6.45, 7) is 0.329. The monoisotopic (exact) mass is 386 g/mol. The predicted molar refractivity (Wildman–Crippen MR) is 99.9 cm³/mol. The second kappa shape index (κ2) is 7.69. The van der Waals surface area contributed by atoms with E-state index >= 15 is 0 Å². The molecule has 1 aromatic rings. The molecule has 0 unspecified atom stereocenters. The molecular weight excluding hydrogens is 364 g/mol. The summed E-state index contributed by atoms with van der Waals surface area (Å²) >= 11 is 0. The molecule has 1 aliphatic heterocycles. The fourth-order valence-corrected chi connectivity index (χ4v) is 2.75. The summed E-state index contributed by atoms with van der Waals surface area (Å²) < 4.78 is 12.5. The summed E-state index contributed by atoms with van der Waals surface area (Å²) in [7, 11) is 3.37. The Morgan fingerprint density at radius 2 is 2.18 bits per heavy atom. The molecule has 2 amide bonds. The maximum absolute atomic E-state index is 12.7. The Morgan fingerprint density at radius 3 is 2.71 bits per heavy atom. The number of likely N-dealkylation sites (N-methyl/N-ethyl adjacent to an activating group) is 1. The van der Waals surface area contributed by atoms with Gasteiger partial charge in [-0.15, -0.1) is 0 Å². The maximum Gasteiger partial charge on any atom is 0.269 e. The SMILES string of the molecule is CN/C(C(=O)NC1(C(N)=O)COC1)=C1/C=C(OCc2ccnn2C)C=CC1=N. The van der Waals surface area contributed by atoms with E-state index in [1.165, 1.54) is 6.08 Å². The van der Waals surface area contributed by atoms with Crippen molar-refractivity contribution in [1.82, 2.24) is 20.4 Å². The number of hydrogen-bond acceptors (Lipinski definition) is 7. The Hall–Kier alpha value is -3.40. The molecule has 1 saturated heterocycles. The minimum absolute atomic E-state index is 0.0205. The van der Waals surface area contributed by atoms with Crippen LogP contribution >= 0.6 is 0 Å². The van der Waals surface area contributed by atoms with Gasteiger partial charge in [0, 0.05) is 25.9 Å². The van der Waals surface area contributed by atoms with Crippen molar-refractivity contribution in [1.29, 1.82) is 5.41 Å². The molecular formula is C18H22N6O4. The molecule has 1 fully saturated rings. The minimum Gasteiger partial charge on any atom is -0.487 e. The van der Waals surface area contributed by atoms with E-state index in [0.29, 0.717) is 11.3 Å². The van der Waals surface area contributed by atoms with E-state index in [4.69, 9.17) is 20.6 Å². The molecule has 28 heavy (non-hydrogen) atoms. The first-order valence-electron chi connectivity index (χ1n) is 8.57. The zero-order chi connectivity index (χ0) is 20.3. The van der Waals surface area contributed by atoms with Crippen LogP contribution in [0.2, 0.25) is 0 Å². The molecule has 0 spiro atoms. The molecule has 0 radical (unpaired) electrons. The summed E-state index contributed by atoms with van der Waals surface area (Å²) in [5, 5.41) is 17.6. The Labute approximate surface area is 161 Å². The predicted octanol–water partition coefficient (Wildman–Crippen LogP) is -0.746. The number of nitrogens with two attached hydrogens (primary N) is 1. The molecule has 10 heteroatoms. The third kappa shape index (κ3) is 3.67. The van der Waals surface area contributed by atoms with Crippen molar-refractivity contribution in [2.24, 2.45) is 12.8 Å². The van der Waals surface area contributed by atoms with Gasteiger partial charge in [0.15, 0.2) is 5.54 Å². The molecule has 2 aliphatic rings. The highest BCUT2D eigenvalue weighted by Gasteiger charge is 2.46. The van der Waals surface area contributed by atoms with Crippen molar-refractivity contribution in [3.8, 4) is 0 Å². The van der Waals surface area contributed by atoms with E-state index in [1.807, 2.05) is 13.1 Å². The van der Waals surface area contributed by atoms with E-state index in [2.05, 4.69) is 15.7 Å². The van der Waals surface area contributed by atoms with Gasteiger partial charge in [-0.05, 0) is 24.3 Å². The second-order valence-corrected chi connectivity index (χ2v) is 6.46. The minimum atomic E-state index is -1.23. The zero-order valence-electron chi connectivity index (χ0n) is 15.6. The molecule has 148 valence electrons. The third-order valence-electron chi connectivity index (χ3n) is 4.57. The fourth-order valence-electron chi connectivity index (χ4n) is 2.75. The molecule has 2 heterocycles. The molecule has 0 bridgehead atoms. The Bertz CT molecular complexity index is 907. The van der Waals surface area contributed by atoms with Crippen LogP contribution in [0, 0.1) is 5.41 Å². The van der Waals surface area contributed by atoms with Crippen molar-refractivity contribution >= 4 is 17.5 Å². The Balaban J connectivity index is 1.81. The number of rotatable bonds is 7. The normalized spacial score (nSPS) is 19.4. The quantitative estimate of drug-likeness (QED) is 0.454. The van der Waals surface area contributed by atoms with E-state index < -0.39 is 17.4 Å². The van der Waals surface area contributed by atoms with Gasteiger partial charge in [-0.2, -0.15) is 5.10 Å². The number of amides is 2. The van der Waals surface area contributed by atoms with Crippen LogP contribution < -0.4 is 16.4 Å². The van der Waals surface area contributed by atoms with Crippen LogP contribution in [0.4, 0.5) is 0 Å². The molecule has 1 aromatic heterocycles. The van der Waals surface area contributed by atoms with Crippen LogP contribution in [-0.4, -0.2) is 53.1 Å². The number of carbonyl (C=O) groups is 2. The van der Waals surface area contributed by atoms with Gasteiger partial charge in [-0.1, -0.05) is 0 Å². The second-order valence-electron chi connectivity index (χ2n) is 6.46. The van der Waals surface area contributed by atoms with Gasteiger partial charge in [0.2, 0.25) is 5.91 Å². The van der Waals surface area contributed by atoms with Crippen LogP contribution in [-0.2, 0) is 32.7 Å². The van der Waals surface area contributed by atoms with E-state index in [-0.39, 0.29) is 31.2 Å². The number of primary amides is 1. The maximum atomic E-state index is 12.7. The van der Waals surface area contributed by atoms with Gasteiger partial charge in [0.05, 0.1) is 24.6 Å². The zero-order valence-corrected chi connectivity index (χ0v) is 15.6. The molecule has 1 aliphatic carbocycles. The van der Waals surface area contributed by atoms with Crippen LogP contribution in [0.15, 0.2) is 47.5 Å². The van der Waals surface area contributed by atoms with Crippen LogP contribution in [0.1, 0.15) is 5.69 Å². The number of aromatic nitrogens is 2. The van der Waals surface area contributed by atoms with E-state index in [9.17, 15) is 9.59 Å². The number of ether oxygens (including phenoxy) is 2. The van der Waals surface area contributed by atoms with Crippen molar-refractivity contribution in [3.63, 3.8) is 0 Å². The first-order valence-corrected chi connectivity index (χ1v) is 8.57. The highest BCUT2D eigenvalue weighted by Crippen LogP contribution is 2.21. The van der Waals surface area contributed by atoms with Gasteiger partial charge in [-0.3, -0.25) is 14.3 Å². The Kier molecular flexibility index (Phi) is 5.32. The average molecular weight is 386 g/mol. The lowest BCUT2D eigenvalue weighted by Gasteiger charge is -2.39. The molecule has 5 N–H and O–H groups in total. The third-order valence-corrected chi connectivity index (χ3v) is 4.57. The topological polar surface area (TPSA) is 144 Å². The number of allylic oxidation sites excluding steroid dienone is 4. The number of carbonyl (C=O) groups excluding carboxylic acids is 2. The van der Waals surface area contributed by atoms with Gasteiger partial charge in [-0.25, -0.2) is 0 Å². The summed E-state index contributed by atoms with van der Waals surface area (Å²) in [5.74, 6) is -0.729. The lowest BCUT2D eigenvalue weighted by atomic mass is 9.95. The van der Waals surface area contributed by atoms with E-state index in [0.717, 1.165) is 5.69 Å². The van der Waals surface area contributed by atoms with Gasteiger partial charge in [0.25, 0.3) is 5.91 Å². The average Bonchev–Trinajstić information content (AvgIpc) is 3.03. The molecule has 0 atom stereocenters. The van der Waals surface area contributed by atoms with Gasteiger partial charge >= 0.3 is 0 Å². The smallest absolute Gasteiger partial charge is 0.269 e. The van der Waals surface area contributed by atoms with Crippen molar-refractivity contribution in [2.75, 3.05) is 20.3 Å². The Morgan fingerprint density at radius 1 is 1.43 bits per heavy atom. The number of aryl methyl sites for hydroxylation is 1. The highest BCUT2D eigenvalue weighted by atomic mass is 16.5. The lowest BCUT2D eigenvalue weighted by Crippen LogP contribution is -2.69. The van der Waals surface area contributed by atoms with Crippen molar-refractivity contribution in [2.45, 2.75) is 12.1 Å². The number of nitrogens with zero attached hydrogens (tertiary/aromatic N) is 2. The molecule has 0 aromatic carbocycles. The van der Waals surface area contributed by atoms with Crippen molar-refractivity contribution in [3.05, 3.63) is 53.2 Å². The summed E-state index contributed by atoms with van der Waals surface area (Å²) in [5.41, 5.74) is 5.63. The van der Waals surface area contributed by atoms with Crippen molar-refractivity contribution < 1.29 is 19.1 Å². The van der Waals surface area contributed by atoms with Crippen LogP contribution in [0.5, 0.6) is 0 Å². The van der Waals surface area contributed by atoms with Crippen LogP contribution in [0.3, 0.4) is 0 Å². The highest BCUT2D eigenvalue weighted by molar-refractivity contribution is 6.15. The summed E-state index contributed by atoms with van der Waals surface area (Å²) in [6.07, 6.45) is 6.46. The standard InChI is InChI=1S/C18H22N6O4/c1-21-15(16(25)23-18(17(20)26)9-27-10-18)13-7-12(3-4-14(13)19)28-8-11-5-6-22-24(11)2/h3-7,19,21H,8-10H2,1-2H3,(H2,20,26)(H,23,25)/b15-13-,19-14?. The number of nitrogens with one attached hydrogen (secondary N) is 3. The van der Waals surface area contributed by atoms with Crippen LogP contribution in [0.25, 0.3) is 0 Å². The van der Waals surface area contributed by atoms with Gasteiger partial charge < -0.3 is 31.3 Å². The lowest BCUT2D eigenvalue weighted by molar-refractivity contribution is -0.150.